The van der Waals surface area contributed by atoms with Crippen LogP contribution in [0.25, 0.3) is 0 Å². The van der Waals surface area contributed by atoms with Crippen molar-refractivity contribution >= 4 is 17.9 Å². The molecule has 0 aromatic rings. The molecule has 0 aromatic heterocycles. The lowest BCUT2D eigenvalue weighted by Crippen LogP contribution is -2.55. The van der Waals surface area contributed by atoms with Gasteiger partial charge in [-0.3, -0.25) is 9.59 Å². The molecule has 0 saturated heterocycles. The first kappa shape index (κ1) is 67.0. The number of unbranched alkanes of at least 4 members (excludes halogenated alkanes) is 29. The normalized spacial score (nSPS) is 13.2. The van der Waals surface area contributed by atoms with E-state index in [1.807, 2.05) is 21.1 Å². The van der Waals surface area contributed by atoms with E-state index in [0.717, 1.165) is 64.2 Å². The smallest absolute Gasteiger partial charge is 0.306 e. The van der Waals surface area contributed by atoms with Gasteiger partial charge in [0.1, 0.15) is 12.6 Å². The van der Waals surface area contributed by atoms with Crippen molar-refractivity contribution in [2.75, 3.05) is 41.0 Å². The van der Waals surface area contributed by atoms with Crippen LogP contribution in [-0.4, -0.2) is 75.5 Å². The third kappa shape index (κ3) is 50.0. The van der Waals surface area contributed by atoms with Crippen molar-refractivity contribution in [1.29, 1.82) is 0 Å². The largest absolute Gasteiger partial charge is 0.544 e. The zero-order valence-electron chi connectivity index (χ0n) is 46.4. The number of rotatable bonds is 53. The molecule has 0 heterocycles. The van der Waals surface area contributed by atoms with Crippen LogP contribution in [0, 0.1) is 0 Å². The van der Waals surface area contributed by atoms with Gasteiger partial charge in [0.25, 0.3) is 0 Å². The molecule has 0 spiro atoms. The Hall–Kier alpha value is -2.97. The Kier molecular flexibility index (Phi) is 50.1. The monoisotopic (exact) mass is 982 g/mol. The van der Waals surface area contributed by atoms with E-state index in [9.17, 15) is 19.5 Å². The van der Waals surface area contributed by atoms with Gasteiger partial charge in [0.05, 0.1) is 40.3 Å². The fourth-order valence-corrected chi connectivity index (χ4v) is 8.65. The minimum absolute atomic E-state index is 0.0388. The van der Waals surface area contributed by atoms with Crippen LogP contribution < -0.4 is 5.11 Å². The highest BCUT2D eigenvalue weighted by atomic mass is 16.6. The summed E-state index contributed by atoms with van der Waals surface area (Å²) in [5, 5.41) is 11.7. The summed E-state index contributed by atoms with van der Waals surface area (Å²) in [4.78, 5) is 37.2. The van der Waals surface area contributed by atoms with Gasteiger partial charge in [0, 0.05) is 19.3 Å². The molecule has 0 aromatic carbocycles. The molecule has 0 aliphatic rings. The summed E-state index contributed by atoms with van der Waals surface area (Å²) in [5.41, 5.74) is 0. The first-order valence-corrected chi connectivity index (χ1v) is 29.3. The second kappa shape index (κ2) is 52.4. The predicted molar refractivity (Wildman–Crippen MR) is 296 cm³/mol. The minimum atomic E-state index is -1.12. The highest BCUT2D eigenvalue weighted by Crippen LogP contribution is 2.16. The quantitative estimate of drug-likeness (QED) is 0.0259. The number of carbonyl (C=O) groups excluding carboxylic acids is 3. The first-order valence-electron chi connectivity index (χ1n) is 29.3. The second-order valence-corrected chi connectivity index (χ2v) is 20.8. The van der Waals surface area contributed by atoms with Crippen LogP contribution in [0.15, 0.2) is 60.8 Å². The van der Waals surface area contributed by atoms with Crippen molar-refractivity contribution in [2.45, 2.75) is 276 Å². The SMILES string of the molecule is CC/C=C\C/C=C\C/C=C\C/C=C\CCCCCCCCCCCCC(=O)OC(COCCC(C(=O)[O-])[N+](C)(C)C)COC(=O)CCCCCCCCCCCCC/C=C\CCCCCCCCCC. The molecule has 0 aliphatic carbocycles. The highest BCUT2D eigenvalue weighted by molar-refractivity contribution is 5.70. The van der Waals surface area contributed by atoms with Crippen LogP contribution in [-0.2, 0) is 28.6 Å². The zero-order valence-corrected chi connectivity index (χ0v) is 46.4. The Morgan fingerprint density at radius 2 is 0.800 bits per heavy atom. The molecular formula is C62H111NO7. The van der Waals surface area contributed by atoms with Crippen molar-refractivity contribution in [3.05, 3.63) is 60.8 Å². The van der Waals surface area contributed by atoms with E-state index in [1.54, 1.807) is 0 Å². The molecule has 8 nitrogen and oxygen atoms in total. The maximum absolute atomic E-state index is 12.8. The lowest BCUT2D eigenvalue weighted by molar-refractivity contribution is -0.889. The maximum atomic E-state index is 12.8. The first-order chi connectivity index (χ1) is 34.1. The molecule has 406 valence electrons. The Balaban J connectivity index is 4.16. The molecule has 0 bridgehead atoms. The van der Waals surface area contributed by atoms with Gasteiger partial charge < -0.3 is 28.6 Å². The van der Waals surface area contributed by atoms with E-state index in [2.05, 4.69) is 74.6 Å². The second-order valence-electron chi connectivity index (χ2n) is 20.8. The lowest BCUT2D eigenvalue weighted by Gasteiger charge is -2.34. The number of carbonyl (C=O) groups is 3. The molecule has 2 unspecified atom stereocenters. The van der Waals surface area contributed by atoms with E-state index in [-0.39, 0.29) is 42.7 Å². The molecule has 0 N–H and O–H groups in total. The van der Waals surface area contributed by atoms with Crippen LogP contribution in [0.3, 0.4) is 0 Å². The molecule has 0 fully saturated rings. The summed E-state index contributed by atoms with van der Waals surface area (Å²) in [6.07, 6.45) is 66.9. The summed E-state index contributed by atoms with van der Waals surface area (Å²) in [6, 6.07) is -0.729. The van der Waals surface area contributed by atoms with E-state index in [4.69, 9.17) is 14.2 Å². The number of carboxylic acids is 1. The third-order valence-electron chi connectivity index (χ3n) is 13.1. The molecule has 0 aliphatic heterocycles. The van der Waals surface area contributed by atoms with E-state index in [1.165, 1.54) is 167 Å². The van der Waals surface area contributed by atoms with Crippen LogP contribution in [0.1, 0.15) is 264 Å². The van der Waals surface area contributed by atoms with Gasteiger partial charge in [-0.2, -0.15) is 0 Å². The minimum Gasteiger partial charge on any atom is -0.544 e. The number of esters is 2. The summed E-state index contributed by atoms with van der Waals surface area (Å²) < 4.78 is 17.3. The number of allylic oxidation sites excluding steroid dienone is 10. The van der Waals surface area contributed by atoms with Crippen molar-refractivity contribution in [2.24, 2.45) is 0 Å². The van der Waals surface area contributed by atoms with Crippen LogP contribution in [0.5, 0.6) is 0 Å². The summed E-state index contributed by atoms with van der Waals surface area (Å²) in [5.74, 6) is -1.73. The van der Waals surface area contributed by atoms with Crippen LogP contribution in [0.4, 0.5) is 0 Å². The van der Waals surface area contributed by atoms with Gasteiger partial charge in [-0.15, -0.1) is 0 Å². The van der Waals surface area contributed by atoms with Gasteiger partial charge in [-0.25, -0.2) is 0 Å². The van der Waals surface area contributed by atoms with Gasteiger partial charge in [-0.1, -0.05) is 229 Å². The standard InChI is InChI=1S/C62H111NO7/c1-6-8-10-12-14-16-18-20-22-24-26-28-30-32-34-36-38-40-42-44-46-48-50-52-60(64)69-57-58(56-68-55-54-59(62(66)67)63(3,4)5)70-61(65)53-51-49-47-45-43-41-39-37-35-33-31-29-27-25-23-21-19-17-15-13-11-9-7-2/h9,11,15,17,21,23-24,26-27,29,58-59H,6-8,10,12-14,16,18-20,22,25,28,30-57H2,1-5H3/b11-9-,17-15-,23-21-,26-24-,29-27-. The van der Waals surface area contributed by atoms with E-state index >= 15 is 0 Å². The highest BCUT2D eigenvalue weighted by Gasteiger charge is 2.25. The zero-order chi connectivity index (χ0) is 51.3. The van der Waals surface area contributed by atoms with E-state index in [0.29, 0.717) is 12.8 Å². The summed E-state index contributed by atoms with van der Waals surface area (Å²) in [7, 11) is 5.43. The van der Waals surface area contributed by atoms with Crippen molar-refractivity contribution in [3.8, 4) is 0 Å². The van der Waals surface area contributed by atoms with Gasteiger partial charge in [-0.05, 0) is 77.0 Å². The fraction of sp³-hybridized carbons (Fsp3) is 0.790. The van der Waals surface area contributed by atoms with Crippen LogP contribution in [0.2, 0.25) is 0 Å². The number of aliphatic carboxylic acids is 1. The molecule has 0 amide bonds. The third-order valence-corrected chi connectivity index (χ3v) is 13.1. The molecule has 2 atom stereocenters. The van der Waals surface area contributed by atoms with Gasteiger partial charge in [0.15, 0.2) is 6.10 Å². The number of carboxylic acid groups (broad SMARTS) is 1. The number of quaternary nitrogens is 1. The van der Waals surface area contributed by atoms with Crippen molar-refractivity contribution in [3.63, 3.8) is 0 Å². The molecular weight excluding hydrogens is 871 g/mol. The van der Waals surface area contributed by atoms with Gasteiger partial charge >= 0.3 is 11.9 Å². The van der Waals surface area contributed by atoms with Crippen molar-refractivity contribution < 1.29 is 38.2 Å². The Morgan fingerprint density at radius 3 is 1.20 bits per heavy atom. The van der Waals surface area contributed by atoms with Gasteiger partial charge in [0.2, 0.25) is 0 Å². The fourth-order valence-electron chi connectivity index (χ4n) is 8.65. The molecule has 70 heavy (non-hydrogen) atoms. The summed E-state index contributed by atoms with van der Waals surface area (Å²) >= 11 is 0. The summed E-state index contributed by atoms with van der Waals surface area (Å²) in [6.45, 7) is 4.58. The number of nitrogens with zero attached hydrogens (tertiary/aromatic N) is 1. The molecule has 8 heteroatoms. The number of likely N-dealkylation sites (N-methyl/N-ethyl adjacent to an activating group) is 1. The Bertz CT molecular complexity index is 1330. The van der Waals surface area contributed by atoms with E-state index < -0.39 is 18.1 Å². The Labute approximate surface area is 432 Å². The lowest BCUT2D eigenvalue weighted by atomic mass is 10.0. The molecule has 0 rings (SSSR count). The average molecular weight is 983 g/mol. The number of hydrogen-bond donors (Lipinski definition) is 0. The van der Waals surface area contributed by atoms with Crippen molar-refractivity contribution in [1.82, 2.24) is 0 Å². The number of ether oxygens (including phenoxy) is 3. The maximum Gasteiger partial charge on any atom is 0.306 e. The van der Waals surface area contributed by atoms with Crippen LogP contribution >= 0.6 is 0 Å². The number of hydrogen-bond acceptors (Lipinski definition) is 7. The average Bonchev–Trinajstić information content (AvgIpc) is 3.33. The topological polar surface area (TPSA) is 102 Å². The Morgan fingerprint density at radius 1 is 0.443 bits per heavy atom. The molecule has 0 saturated carbocycles. The predicted octanol–water partition coefficient (Wildman–Crippen LogP) is 16.3. The molecule has 0 radical (unpaired) electrons.